The third kappa shape index (κ3) is 5.86. The molecule has 0 unspecified atom stereocenters. The zero-order valence-electron chi connectivity index (χ0n) is 29.2. The maximum absolute atomic E-state index is 6.57. The molecule has 1 aliphatic heterocycles. The third-order valence-corrected chi connectivity index (χ3v) is 11.4. The average Bonchev–Trinajstić information content (AvgIpc) is 3.59. The van der Waals surface area contributed by atoms with E-state index in [2.05, 4.69) is 193 Å². The van der Waals surface area contributed by atoms with Crippen LogP contribution in [0.2, 0.25) is 0 Å². The third-order valence-electron chi connectivity index (χ3n) is 10.3. The van der Waals surface area contributed by atoms with Crippen LogP contribution in [0.1, 0.15) is 23.1 Å². The van der Waals surface area contributed by atoms with Gasteiger partial charge in [-0.05, 0) is 83.8 Å². The van der Waals surface area contributed by atoms with Crippen LogP contribution < -0.4 is 9.64 Å². The summed E-state index contributed by atoms with van der Waals surface area (Å²) in [4.78, 5) is 2.40. The Morgan fingerprint density at radius 3 is 1.94 bits per heavy atom. The minimum atomic E-state index is -0.504. The van der Waals surface area contributed by atoms with E-state index in [1.807, 2.05) is 23.5 Å². The van der Waals surface area contributed by atoms with Gasteiger partial charge in [0, 0.05) is 48.4 Å². The van der Waals surface area contributed by atoms with E-state index in [0.717, 1.165) is 46.1 Å². The Labute approximate surface area is 314 Å². The van der Waals surface area contributed by atoms with Crippen molar-refractivity contribution in [2.75, 3.05) is 4.90 Å². The summed E-state index contributed by atoms with van der Waals surface area (Å²) in [6.45, 7) is 3.85. The Balaban J connectivity index is 1.25. The number of benzene rings is 7. The molecule has 0 spiro atoms. The molecule has 7 aromatic carbocycles. The summed E-state index contributed by atoms with van der Waals surface area (Å²) in [6.07, 6.45) is 10.9. The molecule has 0 bridgehead atoms. The quantitative estimate of drug-likeness (QED) is 0.139. The average molecular weight is 700 g/mol. The van der Waals surface area contributed by atoms with Gasteiger partial charge < -0.3 is 9.64 Å². The Kier molecular flexibility index (Phi) is 8.55. The van der Waals surface area contributed by atoms with Gasteiger partial charge in [-0.3, -0.25) is 0 Å². The van der Waals surface area contributed by atoms with Crippen molar-refractivity contribution >= 4 is 48.6 Å². The van der Waals surface area contributed by atoms with Crippen molar-refractivity contribution in [1.29, 1.82) is 0 Å². The van der Waals surface area contributed by atoms with Crippen LogP contribution in [0.5, 0.6) is 11.5 Å². The van der Waals surface area contributed by atoms with Crippen LogP contribution in [0, 0.1) is 0 Å². The summed E-state index contributed by atoms with van der Waals surface area (Å²) in [5, 5.41) is 2.56. The van der Waals surface area contributed by atoms with Gasteiger partial charge in [-0.25, -0.2) is 0 Å². The predicted octanol–water partition coefficient (Wildman–Crippen LogP) is 14.3. The van der Waals surface area contributed by atoms with Gasteiger partial charge in [0.1, 0.15) is 11.5 Å². The van der Waals surface area contributed by atoms with Crippen LogP contribution in [0.25, 0.3) is 31.3 Å². The van der Waals surface area contributed by atoms with E-state index in [1.165, 1.54) is 36.9 Å². The normalized spacial score (nSPS) is 13.2. The maximum Gasteiger partial charge on any atom is 0.131 e. The summed E-state index contributed by atoms with van der Waals surface area (Å²) < 4.78 is 9.16. The number of para-hydroxylation sites is 2. The number of ether oxygens (including phenoxy) is 1. The highest BCUT2D eigenvalue weighted by atomic mass is 32.1. The number of anilines is 3. The van der Waals surface area contributed by atoms with Crippen molar-refractivity contribution in [1.82, 2.24) is 0 Å². The fourth-order valence-electron chi connectivity index (χ4n) is 7.84. The first kappa shape index (κ1) is 32.5. The van der Waals surface area contributed by atoms with E-state index in [-0.39, 0.29) is 0 Å². The van der Waals surface area contributed by atoms with E-state index in [9.17, 15) is 0 Å². The molecule has 2 heterocycles. The fourth-order valence-corrected chi connectivity index (χ4v) is 8.93. The summed E-state index contributed by atoms with van der Waals surface area (Å²) in [5.41, 5.74) is 8.68. The van der Waals surface area contributed by atoms with Crippen LogP contribution in [0.3, 0.4) is 0 Å². The first-order valence-corrected chi connectivity index (χ1v) is 18.8. The number of fused-ring (bicyclic) bond motifs is 5. The second-order valence-corrected chi connectivity index (χ2v) is 14.4. The molecule has 9 rings (SSSR count). The number of allylic oxidation sites excluding steroid dienone is 5. The van der Waals surface area contributed by atoms with Gasteiger partial charge in [0.05, 0.1) is 5.41 Å². The van der Waals surface area contributed by atoms with Gasteiger partial charge >= 0.3 is 0 Å². The molecular formula is C50H37NOS. The van der Waals surface area contributed by atoms with Gasteiger partial charge in [-0.1, -0.05) is 146 Å². The van der Waals surface area contributed by atoms with Crippen molar-refractivity contribution < 1.29 is 4.74 Å². The maximum atomic E-state index is 6.57. The topological polar surface area (TPSA) is 12.5 Å². The highest BCUT2D eigenvalue weighted by molar-refractivity contribution is 7.25. The monoisotopic (exact) mass is 699 g/mol. The zero-order chi connectivity index (χ0) is 35.6. The molecule has 0 aliphatic carbocycles. The first-order valence-electron chi connectivity index (χ1n) is 18.0. The zero-order valence-corrected chi connectivity index (χ0v) is 30.0. The fraction of sp³-hybridized carbons (Fsp3) is 0.0400. The molecule has 0 amide bonds. The van der Waals surface area contributed by atoms with Crippen molar-refractivity contribution in [3.63, 3.8) is 0 Å². The molecule has 1 aromatic heterocycles. The molecule has 8 aromatic rings. The van der Waals surface area contributed by atoms with Gasteiger partial charge in [0.2, 0.25) is 0 Å². The van der Waals surface area contributed by atoms with E-state index in [4.69, 9.17) is 4.74 Å². The molecule has 0 saturated carbocycles. The van der Waals surface area contributed by atoms with Crippen molar-refractivity contribution in [2.45, 2.75) is 11.8 Å². The van der Waals surface area contributed by atoms with E-state index in [0.29, 0.717) is 0 Å². The van der Waals surface area contributed by atoms with Gasteiger partial charge in [0.25, 0.3) is 0 Å². The Morgan fingerprint density at radius 2 is 1.17 bits per heavy atom. The van der Waals surface area contributed by atoms with Crippen LogP contribution in [-0.2, 0) is 5.41 Å². The lowest BCUT2D eigenvalue weighted by Gasteiger charge is -2.41. The van der Waals surface area contributed by atoms with E-state index in [1.54, 1.807) is 6.08 Å². The molecule has 53 heavy (non-hydrogen) atoms. The Hall–Kier alpha value is -6.42. The minimum Gasteiger partial charge on any atom is -0.457 e. The molecule has 0 saturated heterocycles. The number of rotatable bonds is 9. The molecule has 0 fully saturated rings. The summed E-state index contributed by atoms with van der Waals surface area (Å²) in [6, 6.07) is 61.2. The Bertz CT molecular complexity index is 2600. The van der Waals surface area contributed by atoms with E-state index >= 15 is 0 Å². The number of nitrogens with zero attached hydrogens (tertiary/aromatic N) is 1. The van der Waals surface area contributed by atoms with Crippen LogP contribution in [0.4, 0.5) is 17.1 Å². The summed E-state index contributed by atoms with van der Waals surface area (Å²) >= 11 is 1.85. The lowest BCUT2D eigenvalue weighted by Crippen LogP contribution is -2.32. The predicted molar refractivity (Wildman–Crippen MR) is 225 cm³/mol. The number of hydrogen-bond acceptors (Lipinski definition) is 3. The number of hydrogen-bond donors (Lipinski definition) is 0. The van der Waals surface area contributed by atoms with E-state index < -0.39 is 5.41 Å². The molecule has 3 heteroatoms. The van der Waals surface area contributed by atoms with Crippen LogP contribution >= 0.6 is 11.3 Å². The van der Waals surface area contributed by atoms with Crippen LogP contribution in [-0.4, -0.2) is 0 Å². The standard InChI is InChI=1S/C50H37NOS/c1-2-3-4-5-15-33-50(44-22-10-12-24-46(44)52-47-25-13-11-23-45(47)50)38-19-16-20-40(34-38)51(39-29-27-37(28-30-39)36-17-7-6-8-18-36)41-31-32-49-43(35-41)42-21-9-14-26-48(42)53-49/h2-32,34-35H,1,33H2/b4-3-,15-5-. The molecular weight excluding hydrogens is 663 g/mol. The summed E-state index contributed by atoms with van der Waals surface area (Å²) in [7, 11) is 0. The second kappa shape index (κ2) is 14.0. The van der Waals surface area contributed by atoms with Gasteiger partial charge in [-0.15, -0.1) is 11.3 Å². The minimum absolute atomic E-state index is 0.504. The Morgan fingerprint density at radius 1 is 0.528 bits per heavy atom. The molecule has 0 atom stereocenters. The molecule has 0 radical (unpaired) electrons. The number of thiophene rings is 1. The first-order chi connectivity index (χ1) is 26.2. The van der Waals surface area contributed by atoms with Crippen molar-refractivity contribution in [3.8, 4) is 22.6 Å². The van der Waals surface area contributed by atoms with Crippen molar-refractivity contribution in [2.24, 2.45) is 0 Å². The molecule has 254 valence electrons. The molecule has 2 nitrogen and oxygen atoms in total. The lowest BCUT2D eigenvalue weighted by molar-refractivity contribution is 0.418. The lowest BCUT2D eigenvalue weighted by atomic mass is 9.65. The SMILES string of the molecule is C=C/C=C\C=C/CC1(c2cccc(N(c3ccc(-c4ccccc4)cc3)c3ccc4sc5ccccc5c4c3)c2)c2ccccc2Oc2ccccc21. The highest BCUT2D eigenvalue weighted by Gasteiger charge is 2.43. The van der Waals surface area contributed by atoms with Gasteiger partial charge in [0.15, 0.2) is 0 Å². The highest BCUT2D eigenvalue weighted by Crippen LogP contribution is 2.54. The molecule has 1 aliphatic rings. The molecule has 0 N–H and O–H groups in total. The summed E-state index contributed by atoms with van der Waals surface area (Å²) in [5.74, 6) is 1.77. The van der Waals surface area contributed by atoms with Gasteiger partial charge in [-0.2, -0.15) is 0 Å². The smallest absolute Gasteiger partial charge is 0.131 e. The largest absolute Gasteiger partial charge is 0.457 e. The van der Waals surface area contributed by atoms with Crippen molar-refractivity contribution in [3.05, 3.63) is 224 Å². The second-order valence-electron chi connectivity index (χ2n) is 13.3. The van der Waals surface area contributed by atoms with Crippen LogP contribution in [0.15, 0.2) is 207 Å².